The van der Waals surface area contributed by atoms with Crippen LogP contribution < -0.4 is 19.7 Å². The molecule has 3 aromatic rings. The summed E-state index contributed by atoms with van der Waals surface area (Å²) in [6.45, 7) is 0.450. The van der Waals surface area contributed by atoms with Crippen LogP contribution in [0.5, 0.6) is 11.5 Å². The van der Waals surface area contributed by atoms with E-state index < -0.39 is 0 Å². The Labute approximate surface area is 168 Å². The van der Waals surface area contributed by atoms with E-state index in [1.807, 2.05) is 61.5 Å². The van der Waals surface area contributed by atoms with Crippen LogP contribution in [0.25, 0.3) is 11.3 Å². The number of hydrogen-bond acceptors (Lipinski definition) is 5. The Kier molecular flexibility index (Phi) is 5.08. The van der Waals surface area contributed by atoms with Gasteiger partial charge in [-0.05, 0) is 36.4 Å². The number of anilines is 1. The zero-order valence-corrected chi connectivity index (χ0v) is 16.2. The van der Waals surface area contributed by atoms with E-state index in [9.17, 15) is 4.79 Å². The van der Waals surface area contributed by atoms with E-state index in [-0.39, 0.29) is 19.2 Å². The van der Waals surface area contributed by atoms with Crippen LogP contribution in [-0.4, -0.2) is 43.5 Å². The molecule has 2 aromatic carbocycles. The topological polar surface area (TPSA) is 79.5 Å². The molecule has 1 aromatic heterocycles. The molecule has 146 valence electrons. The zero-order valence-electron chi connectivity index (χ0n) is 16.2. The number of hydrogen-bond donors (Lipinski definition) is 2. The van der Waals surface area contributed by atoms with E-state index in [1.165, 1.54) is 0 Å². The van der Waals surface area contributed by atoms with E-state index in [0.717, 1.165) is 16.8 Å². The summed E-state index contributed by atoms with van der Waals surface area (Å²) in [5.41, 5.74) is 3.81. The number of rotatable bonds is 4. The van der Waals surface area contributed by atoms with Gasteiger partial charge in [-0.15, -0.1) is 0 Å². The molecule has 4 rings (SSSR count). The van der Waals surface area contributed by atoms with Gasteiger partial charge in [-0.2, -0.15) is 5.10 Å². The fourth-order valence-corrected chi connectivity index (χ4v) is 2.97. The smallest absolute Gasteiger partial charge is 0.270 e. The Morgan fingerprint density at radius 2 is 2.00 bits per heavy atom. The average molecular weight is 388 g/mol. The number of nitrogens with one attached hydrogen (secondary N) is 2. The maximum atomic E-state index is 12.4. The summed E-state index contributed by atoms with van der Waals surface area (Å²) in [6.07, 6.45) is 0. The first kappa shape index (κ1) is 18.4. The monoisotopic (exact) mass is 388 g/mol. The molecular weight excluding hydrogens is 368 g/mol. The number of benzene rings is 2. The summed E-state index contributed by atoms with van der Waals surface area (Å²) in [7, 11) is 3.94. The van der Waals surface area contributed by atoms with Gasteiger partial charge in [-0.3, -0.25) is 9.89 Å². The lowest BCUT2D eigenvalue weighted by molar-refractivity contribution is 0.0953. The third-order valence-electron chi connectivity index (χ3n) is 4.44. The van der Waals surface area contributed by atoms with Crippen molar-refractivity contribution in [2.45, 2.75) is 0 Å². The maximum absolute atomic E-state index is 12.4. The normalized spacial score (nSPS) is 11.5. The molecule has 0 atom stereocenters. The van der Waals surface area contributed by atoms with Gasteiger partial charge in [0.15, 0.2) is 11.5 Å². The van der Waals surface area contributed by atoms with Crippen LogP contribution in [0.3, 0.4) is 0 Å². The first-order chi connectivity index (χ1) is 14.1. The van der Waals surface area contributed by atoms with E-state index in [1.54, 1.807) is 6.07 Å². The predicted molar refractivity (Wildman–Crippen MR) is 110 cm³/mol. The van der Waals surface area contributed by atoms with Gasteiger partial charge >= 0.3 is 0 Å². The van der Waals surface area contributed by atoms with E-state index in [4.69, 9.17) is 9.47 Å². The van der Waals surface area contributed by atoms with Crippen LogP contribution >= 0.6 is 0 Å². The summed E-state index contributed by atoms with van der Waals surface area (Å²) < 4.78 is 10.7. The third-order valence-corrected chi connectivity index (χ3v) is 4.44. The highest BCUT2D eigenvalue weighted by Crippen LogP contribution is 2.35. The van der Waals surface area contributed by atoms with Crippen molar-refractivity contribution in [2.75, 3.05) is 32.3 Å². The first-order valence-electron chi connectivity index (χ1n) is 9.10. The van der Waals surface area contributed by atoms with Crippen LogP contribution in [0.2, 0.25) is 0 Å². The van der Waals surface area contributed by atoms with Crippen LogP contribution in [0, 0.1) is 11.8 Å². The molecule has 1 amide bonds. The molecule has 0 bridgehead atoms. The van der Waals surface area contributed by atoms with Crippen molar-refractivity contribution >= 4 is 11.6 Å². The fourth-order valence-electron chi connectivity index (χ4n) is 2.97. The van der Waals surface area contributed by atoms with Crippen LogP contribution in [-0.2, 0) is 0 Å². The molecule has 0 fully saturated rings. The lowest BCUT2D eigenvalue weighted by Crippen LogP contribution is -2.23. The van der Waals surface area contributed by atoms with Gasteiger partial charge in [0.05, 0.1) is 17.9 Å². The van der Waals surface area contributed by atoms with Crippen LogP contribution in [0.15, 0.2) is 48.5 Å². The largest absolute Gasteiger partial charge is 0.454 e. The Morgan fingerprint density at radius 3 is 2.86 bits per heavy atom. The summed E-state index contributed by atoms with van der Waals surface area (Å²) in [6, 6.07) is 15.1. The molecular formula is C22H20N4O3. The number of amides is 1. The van der Waals surface area contributed by atoms with Crippen molar-refractivity contribution in [3.8, 4) is 34.6 Å². The number of para-hydroxylation sites is 1. The molecule has 7 heteroatoms. The molecule has 2 heterocycles. The summed E-state index contributed by atoms with van der Waals surface area (Å²) in [5, 5.41) is 9.76. The lowest BCUT2D eigenvalue weighted by atomic mass is 10.1. The highest BCUT2D eigenvalue weighted by atomic mass is 16.7. The third kappa shape index (κ3) is 4.01. The van der Waals surface area contributed by atoms with Gasteiger partial charge in [-0.1, -0.05) is 24.0 Å². The number of carbonyl (C=O) groups is 1. The quantitative estimate of drug-likeness (QED) is 0.672. The number of H-pyrrole nitrogens is 1. The second-order valence-corrected chi connectivity index (χ2v) is 6.63. The summed E-state index contributed by atoms with van der Waals surface area (Å²) >= 11 is 0. The Morgan fingerprint density at radius 1 is 1.17 bits per heavy atom. The SMILES string of the molecule is CN(C)c1ccccc1C#CCNC(=O)c1cc(-c2ccc3c(c2)OCO3)n[nH]1. The molecule has 7 nitrogen and oxygen atoms in total. The average Bonchev–Trinajstić information content (AvgIpc) is 3.40. The van der Waals surface area contributed by atoms with Gasteiger partial charge < -0.3 is 19.7 Å². The van der Waals surface area contributed by atoms with Gasteiger partial charge in [0, 0.05) is 25.2 Å². The maximum Gasteiger partial charge on any atom is 0.270 e. The Bertz CT molecular complexity index is 1110. The van der Waals surface area contributed by atoms with Crippen molar-refractivity contribution in [2.24, 2.45) is 0 Å². The van der Waals surface area contributed by atoms with E-state index in [0.29, 0.717) is 22.9 Å². The molecule has 0 aliphatic carbocycles. The molecule has 0 saturated carbocycles. The molecule has 2 N–H and O–H groups in total. The molecule has 1 aliphatic heterocycles. The molecule has 1 aliphatic rings. The number of ether oxygens (including phenoxy) is 2. The van der Waals surface area contributed by atoms with Crippen molar-refractivity contribution in [1.29, 1.82) is 0 Å². The summed E-state index contributed by atoms with van der Waals surface area (Å²) in [5.74, 6) is 7.20. The minimum Gasteiger partial charge on any atom is -0.454 e. The van der Waals surface area contributed by atoms with Gasteiger partial charge in [-0.25, -0.2) is 0 Å². The standard InChI is InChI=1S/C22H20N4O3/c1-26(2)19-8-4-3-6-15(19)7-5-11-23-22(27)18-13-17(24-25-18)16-9-10-20-21(12-16)29-14-28-20/h3-4,6,8-10,12-13H,11,14H2,1-2H3,(H,23,27)(H,24,25). The van der Waals surface area contributed by atoms with Crippen molar-refractivity contribution in [1.82, 2.24) is 15.5 Å². The summed E-state index contributed by atoms with van der Waals surface area (Å²) in [4.78, 5) is 14.4. The Balaban J connectivity index is 1.40. The second kappa shape index (κ2) is 7.98. The zero-order chi connectivity index (χ0) is 20.2. The molecule has 0 saturated heterocycles. The van der Waals surface area contributed by atoms with Crippen LogP contribution in [0.4, 0.5) is 5.69 Å². The highest BCUT2D eigenvalue weighted by molar-refractivity contribution is 5.93. The molecule has 0 unspecified atom stereocenters. The number of aromatic amines is 1. The number of nitrogens with zero attached hydrogens (tertiary/aromatic N) is 2. The number of aromatic nitrogens is 2. The Hall–Kier alpha value is -3.92. The van der Waals surface area contributed by atoms with Gasteiger partial charge in [0.25, 0.3) is 5.91 Å². The molecule has 0 radical (unpaired) electrons. The van der Waals surface area contributed by atoms with Gasteiger partial charge in [0.2, 0.25) is 6.79 Å². The fraction of sp³-hybridized carbons (Fsp3) is 0.182. The predicted octanol–water partition coefficient (Wildman–Crippen LogP) is 2.65. The van der Waals surface area contributed by atoms with Crippen molar-refractivity contribution in [3.05, 3.63) is 59.8 Å². The van der Waals surface area contributed by atoms with Crippen molar-refractivity contribution in [3.63, 3.8) is 0 Å². The van der Waals surface area contributed by atoms with Gasteiger partial charge in [0.1, 0.15) is 5.69 Å². The number of carbonyl (C=O) groups excluding carboxylic acids is 1. The second-order valence-electron chi connectivity index (χ2n) is 6.63. The molecule has 0 spiro atoms. The van der Waals surface area contributed by atoms with E-state index >= 15 is 0 Å². The number of fused-ring (bicyclic) bond motifs is 1. The minimum atomic E-state index is -0.264. The van der Waals surface area contributed by atoms with Crippen molar-refractivity contribution < 1.29 is 14.3 Å². The van der Waals surface area contributed by atoms with Crippen LogP contribution in [0.1, 0.15) is 16.1 Å². The highest BCUT2D eigenvalue weighted by Gasteiger charge is 2.16. The first-order valence-corrected chi connectivity index (χ1v) is 9.10. The van der Waals surface area contributed by atoms with E-state index in [2.05, 4.69) is 27.4 Å². The lowest BCUT2D eigenvalue weighted by Gasteiger charge is -2.13. The minimum absolute atomic E-state index is 0.215. The molecule has 29 heavy (non-hydrogen) atoms.